The van der Waals surface area contributed by atoms with Crippen LogP contribution in [0.1, 0.15) is 49.3 Å². The van der Waals surface area contributed by atoms with Gasteiger partial charge in [-0.25, -0.2) is 0 Å². The molecular weight excluding hydrogens is 204 g/mol. The summed E-state index contributed by atoms with van der Waals surface area (Å²) in [6.45, 7) is 4.74. The second-order valence-electron chi connectivity index (χ2n) is 6.31. The van der Waals surface area contributed by atoms with Gasteiger partial charge in [0.25, 0.3) is 0 Å². The van der Waals surface area contributed by atoms with Gasteiger partial charge in [0, 0.05) is 5.41 Å². The van der Waals surface area contributed by atoms with E-state index in [0.29, 0.717) is 11.3 Å². The molecule has 0 spiro atoms. The Kier molecular flexibility index (Phi) is 1.78. The van der Waals surface area contributed by atoms with Crippen LogP contribution in [0.2, 0.25) is 0 Å². The summed E-state index contributed by atoms with van der Waals surface area (Å²) in [7, 11) is 0. The summed E-state index contributed by atoms with van der Waals surface area (Å²) in [6, 6.07) is 7.35. The van der Waals surface area contributed by atoms with Crippen molar-refractivity contribution >= 4 is 0 Å². The standard InChI is InChI=1S/C17H20/c1-11-5-3-4-6-13-9-14(7-8-15(11)13)17-10-16(17)12(17)2/h3,5,7-9,11-12,16H,4,6,10H2,1-2H3/t11-,12?,16?,17?/m1/s1. The van der Waals surface area contributed by atoms with E-state index in [1.54, 1.807) is 16.7 Å². The van der Waals surface area contributed by atoms with Gasteiger partial charge in [0.2, 0.25) is 0 Å². The van der Waals surface area contributed by atoms with Gasteiger partial charge < -0.3 is 0 Å². The summed E-state index contributed by atoms with van der Waals surface area (Å²) in [5.74, 6) is 2.59. The Morgan fingerprint density at radius 1 is 1.24 bits per heavy atom. The number of hydrogen-bond acceptors (Lipinski definition) is 0. The number of aryl methyl sites for hydroxylation is 1. The maximum absolute atomic E-state index is 2.53. The number of benzene rings is 1. The van der Waals surface area contributed by atoms with Crippen molar-refractivity contribution in [3.05, 3.63) is 47.0 Å². The third-order valence-electron chi connectivity index (χ3n) is 5.54. The Labute approximate surface area is 104 Å². The number of allylic oxidation sites excluding steroid dienone is 2. The van der Waals surface area contributed by atoms with E-state index in [4.69, 9.17) is 0 Å². The van der Waals surface area contributed by atoms with Crippen LogP contribution in [-0.4, -0.2) is 0 Å². The van der Waals surface area contributed by atoms with Crippen LogP contribution >= 0.6 is 0 Å². The van der Waals surface area contributed by atoms with Crippen LogP contribution < -0.4 is 0 Å². The molecule has 17 heavy (non-hydrogen) atoms. The molecule has 3 unspecified atom stereocenters. The lowest BCUT2D eigenvalue weighted by Crippen LogP contribution is -2.03. The molecule has 0 bridgehead atoms. The fourth-order valence-electron chi connectivity index (χ4n) is 4.03. The lowest BCUT2D eigenvalue weighted by atomic mass is 9.89. The first-order valence-electron chi connectivity index (χ1n) is 7.03. The minimum absolute atomic E-state index is 0.602. The third-order valence-corrected chi connectivity index (χ3v) is 5.54. The second-order valence-corrected chi connectivity index (χ2v) is 6.31. The average Bonchev–Trinajstić information content (AvgIpc) is 3.21. The molecule has 0 nitrogen and oxygen atoms in total. The first-order valence-corrected chi connectivity index (χ1v) is 7.03. The first kappa shape index (κ1) is 9.94. The second kappa shape index (κ2) is 3.04. The fraction of sp³-hybridized carbons (Fsp3) is 0.529. The van der Waals surface area contributed by atoms with Crippen molar-refractivity contribution in [2.24, 2.45) is 11.8 Å². The van der Waals surface area contributed by atoms with Gasteiger partial charge in [-0.05, 0) is 53.7 Å². The summed E-state index contributed by atoms with van der Waals surface area (Å²) in [5.41, 5.74) is 5.45. The third kappa shape index (κ3) is 1.19. The predicted octanol–water partition coefficient (Wildman–Crippen LogP) is 4.20. The SMILES string of the molecule is CC1C2CC12c1ccc2c(c1)CCC=C[C@H]2C. The molecule has 0 aliphatic heterocycles. The molecule has 88 valence electrons. The Morgan fingerprint density at radius 2 is 2.06 bits per heavy atom. The van der Waals surface area contributed by atoms with Crippen molar-refractivity contribution in [2.75, 3.05) is 0 Å². The van der Waals surface area contributed by atoms with Crippen molar-refractivity contribution in [3.8, 4) is 0 Å². The maximum Gasteiger partial charge on any atom is 0.00161 e. The highest BCUT2D eigenvalue weighted by Crippen LogP contribution is 2.79. The molecule has 3 aliphatic rings. The molecule has 4 rings (SSSR count). The monoisotopic (exact) mass is 224 g/mol. The average molecular weight is 224 g/mol. The molecule has 1 aromatic rings. The van der Waals surface area contributed by atoms with Crippen LogP contribution in [0, 0.1) is 11.8 Å². The van der Waals surface area contributed by atoms with Gasteiger partial charge in [0.1, 0.15) is 0 Å². The number of rotatable bonds is 1. The molecule has 0 radical (unpaired) electrons. The van der Waals surface area contributed by atoms with Gasteiger partial charge in [0.15, 0.2) is 0 Å². The molecule has 0 amide bonds. The Hall–Kier alpha value is -1.04. The molecule has 2 fully saturated rings. The van der Waals surface area contributed by atoms with E-state index in [-0.39, 0.29) is 0 Å². The summed E-state index contributed by atoms with van der Waals surface area (Å²) in [4.78, 5) is 0. The molecule has 0 aromatic heterocycles. The lowest BCUT2D eigenvalue weighted by Gasteiger charge is -2.15. The van der Waals surface area contributed by atoms with Crippen molar-refractivity contribution in [1.29, 1.82) is 0 Å². The number of fused-ring (bicyclic) bond motifs is 2. The van der Waals surface area contributed by atoms with Gasteiger partial charge in [0.05, 0.1) is 0 Å². The molecule has 0 saturated heterocycles. The Morgan fingerprint density at radius 3 is 2.76 bits per heavy atom. The van der Waals surface area contributed by atoms with Crippen LogP contribution in [0.3, 0.4) is 0 Å². The van der Waals surface area contributed by atoms with E-state index < -0.39 is 0 Å². The van der Waals surface area contributed by atoms with Gasteiger partial charge in [-0.15, -0.1) is 0 Å². The lowest BCUT2D eigenvalue weighted by molar-refractivity contribution is 0.626. The van der Waals surface area contributed by atoms with Gasteiger partial charge in [-0.2, -0.15) is 0 Å². The normalized spacial score (nSPS) is 41.4. The van der Waals surface area contributed by atoms with Crippen molar-refractivity contribution in [3.63, 3.8) is 0 Å². The summed E-state index contributed by atoms with van der Waals surface area (Å²) in [5, 5.41) is 0. The van der Waals surface area contributed by atoms with Crippen LogP contribution in [0.15, 0.2) is 30.4 Å². The summed E-state index contributed by atoms with van der Waals surface area (Å²) in [6.07, 6.45) is 8.62. The zero-order chi connectivity index (χ0) is 11.6. The topological polar surface area (TPSA) is 0 Å². The van der Waals surface area contributed by atoms with Crippen LogP contribution in [-0.2, 0) is 11.8 Å². The van der Waals surface area contributed by atoms with E-state index in [2.05, 4.69) is 44.2 Å². The van der Waals surface area contributed by atoms with Gasteiger partial charge >= 0.3 is 0 Å². The predicted molar refractivity (Wildman–Crippen MR) is 71.3 cm³/mol. The summed E-state index contributed by atoms with van der Waals surface area (Å²) >= 11 is 0. The molecule has 0 heterocycles. The highest BCUT2D eigenvalue weighted by Gasteiger charge is 2.76. The zero-order valence-electron chi connectivity index (χ0n) is 10.7. The van der Waals surface area contributed by atoms with E-state index >= 15 is 0 Å². The molecule has 4 atom stereocenters. The fourth-order valence-corrected chi connectivity index (χ4v) is 4.03. The van der Waals surface area contributed by atoms with Crippen LogP contribution in [0.25, 0.3) is 0 Å². The van der Waals surface area contributed by atoms with Crippen molar-refractivity contribution in [1.82, 2.24) is 0 Å². The number of hydrogen-bond donors (Lipinski definition) is 0. The van der Waals surface area contributed by atoms with E-state index in [0.717, 1.165) is 11.8 Å². The summed E-state index contributed by atoms with van der Waals surface area (Å²) < 4.78 is 0. The first-order chi connectivity index (χ1) is 8.23. The van der Waals surface area contributed by atoms with E-state index in [1.807, 2.05) is 0 Å². The molecule has 0 N–H and O–H groups in total. The van der Waals surface area contributed by atoms with Crippen molar-refractivity contribution in [2.45, 2.75) is 44.4 Å². The molecule has 3 aliphatic carbocycles. The largest absolute Gasteiger partial charge is 0.0876 e. The van der Waals surface area contributed by atoms with Gasteiger partial charge in [-0.1, -0.05) is 44.2 Å². The minimum atomic E-state index is 0.602. The molecule has 2 saturated carbocycles. The van der Waals surface area contributed by atoms with Gasteiger partial charge in [-0.3, -0.25) is 0 Å². The maximum atomic E-state index is 2.53. The minimum Gasteiger partial charge on any atom is -0.0876 e. The smallest absolute Gasteiger partial charge is 0.00161 e. The van der Waals surface area contributed by atoms with E-state index in [9.17, 15) is 0 Å². The zero-order valence-corrected chi connectivity index (χ0v) is 10.7. The van der Waals surface area contributed by atoms with Crippen molar-refractivity contribution < 1.29 is 0 Å². The Balaban J connectivity index is 1.76. The quantitative estimate of drug-likeness (QED) is 0.627. The molecular formula is C17H20. The van der Waals surface area contributed by atoms with Crippen LogP contribution in [0.4, 0.5) is 0 Å². The molecule has 0 heteroatoms. The molecule has 1 aromatic carbocycles. The Bertz CT molecular complexity index is 505. The highest BCUT2D eigenvalue weighted by molar-refractivity contribution is 5.50. The highest BCUT2D eigenvalue weighted by atomic mass is 14.8. The van der Waals surface area contributed by atoms with E-state index in [1.165, 1.54) is 19.3 Å². The van der Waals surface area contributed by atoms with Crippen LogP contribution in [0.5, 0.6) is 0 Å².